The Balaban J connectivity index is 1.74. The van der Waals surface area contributed by atoms with Crippen molar-refractivity contribution in [3.05, 3.63) is 53.6 Å². The molecule has 0 bridgehead atoms. The van der Waals surface area contributed by atoms with Crippen molar-refractivity contribution in [2.24, 2.45) is 5.92 Å². The van der Waals surface area contributed by atoms with Gasteiger partial charge in [0, 0.05) is 13.6 Å². The fraction of sp³-hybridized carbons (Fsp3) is 0.500. The topological polar surface area (TPSA) is 135 Å². The number of aryl methyl sites for hydroxylation is 1. The molecule has 0 aromatic heterocycles. The molecule has 1 aliphatic rings. The molecular weight excluding hydrogens is 552 g/mol. The Morgan fingerprint density at radius 2 is 1.88 bits per heavy atom. The van der Waals surface area contributed by atoms with Gasteiger partial charge in [0.1, 0.15) is 24.4 Å². The van der Waals surface area contributed by atoms with Crippen molar-refractivity contribution >= 4 is 23.6 Å². The largest absolute Gasteiger partial charge is 0.493 e. The number of carbonyl (C=O) groups is 4. The van der Waals surface area contributed by atoms with E-state index in [2.05, 4.69) is 16.0 Å². The maximum absolute atomic E-state index is 13.3. The lowest BCUT2D eigenvalue weighted by Crippen LogP contribution is -2.53. The summed E-state index contributed by atoms with van der Waals surface area (Å²) >= 11 is 0. The molecule has 3 N–H and O–H groups in total. The van der Waals surface area contributed by atoms with E-state index in [4.69, 9.17) is 14.2 Å². The monoisotopic (exact) mass is 596 g/mol. The summed E-state index contributed by atoms with van der Waals surface area (Å²) in [6.45, 7) is 7.10. The summed E-state index contributed by atoms with van der Waals surface area (Å²) in [6.07, 6.45) is 1.38. The van der Waals surface area contributed by atoms with Crippen molar-refractivity contribution in [3.8, 4) is 17.2 Å². The van der Waals surface area contributed by atoms with Crippen molar-refractivity contribution < 1.29 is 33.4 Å². The first-order valence-corrected chi connectivity index (χ1v) is 14.8. The Bertz CT molecular complexity index is 1270. The molecule has 0 fully saturated rings. The number of amides is 4. The summed E-state index contributed by atoms with van der Waals surface area (Å²) in [5.41, 5.74) is 1.25. The van der Waals surface area contributed by atoms with E-state index in [1.807, 2.05) is 39.0 Å². The lowest BCUT2D eigenvalue weighted by atomic mass is 10.0. The maximum atomic E-state index is 13.3. The lowest BCUT2D eigenvalue weighted by Gasteiger charge is -2.27. The second kappa shape index (κ2) is 16.4. The molecule has 43 heavy (non-hydrogen) atoms. The van der Waals surface area contributed by atoms with E-state index in [0.29, 0.717) is 49.7 Å². The molecule has 234 valence electrons. The number of nitrogens with zero attached hydrogens (tertiary/aromatic N) is 1. The number of ether oxygens (including phenoxy) is 3. The van der Waals surface area contributed by atoms with Crippen LogP contribution in [0.25, 0.3) is 0 Å². The maximum Gasteiger partial charge on any atom is 0.255 e. The summed E-state index contributed by atoms with van der Waals surface area (Å²) < 4.78 is 16.8. The Hall–Kier alpha value is -4.28. The minimum Gasteiger partial charge on any atom is -0.493 e. The molecule has 2 atom stereocenters. The van der Waals surface area contributed by atoms with Crippen LogP contribution in [0.15, 0.2) is 42.5 Å². The number of carbonyl (C=O) groups excluding carboxylic acids is 4. The molecule has 0 saturated carbocycles. The van der Waals surface area contributed by atoms with E-state index >= 15 is 0 Å². The quantitative estimate of drug-likeness (QED) is 0.359. The number of benzene rings is 2. The van der Waals surface area contributed by atoms with Crippen molar-refractivity contribution in [2.75, 3.05) is 40.5 Å². The minimum absolute atomic E-state index is 0.138. The van der Waals surface area contributed by atoms with Crippen LogP contribution in [0.3, 0.4) is 0 Å². The standard InChI is InChI=1S/C32H44N4O7/c1-6-42-27-14-13-22(19-28(27)41-5)10-9-15-33-31(39)24-20-29(37)34-25(18-21(2)3)32(40)36(4)16-17-43-26-12-8-7-11-23(26)30(38)35-24/h7-8,11-14,19,21,24-25H,6,9-10,15-18,20H2,1-5H3,(H,33,39)(H,34,37)(H,35,38)/t24-,25-/m0/s1. The Labute approximate surface area is 253 Å². The number of rotatable bonds is 10. The molecule has 0 spiro atoms. The molecule has 0 unspecified atom stereocenters. The summed E-state index contributed by atoms with van der Waals surface area (Å²) in [5, 5.41) is 8.34. The molecule has 1 heterocycles. The van der Waals surface area contributed by atoms with E-state index in [0.717, 1.165) is 5.56 Å². The van der Waals surface area contributed by atoms with Gasteiger partial charge >= 0.3 is 0 Å². The molecular formula is C32H44N4O7. The Morgan fingerprint density at radius 1 is 1.12 bits per heavy atom. The summed E-state index contributed by atoms with van der Waals surface area (Å²) in [4.78, 5) is 54.4. The van der Waals surface area contributed by atoms with E-state index < -0.39 is 29.8 Å². The van der Waals surface area contributed by atoms with Gasteiger partial charge in [0.2, 0.25) is 17.7 Å². The average molecular weight is 597 g/mol. The normalized spacial score (nSPS) is 18.1. The van der Waals surface area contributed by atoms with Crippen LogP contribution in [-0.4, -0.2) is 81.1 Å². The summed E-state index contributed by atoms with van der Waals surface area (Å²) in [6, 6.07) is 10.4. The molecule has 3 rings (SSSR count). The van der Waals surface area contributed by atoms with Crippen molar-refractivity contribution in [1.29, 1.82) is 0 Å². The SMILES string of the molecule is CCOc1ccc(CCCNC(=O)[C@@H]2CC(=O)N[C@@H](CC(C)C)C(=O)N(C)CCOc3ccccc3C(=O)N2)cc1OC. The molecule has 2 aromatic carbocycles. The first-order chi connectivity index (χ1) is 20.6. The molecule has 0 radical (unpaired) electrons. The highest BCUT2D eigenvalue weighted by atomic mass is 16.5. The highest BCUT2D eigenvalue weighted by molar-refractivity contribution is 6.01. The van der Waals surface area contributed by atoms with Gasteiger partial charge in [0.15, 0.2) is 11.5 Å². The van der Waals surface area contributed by atoms with Crippen LogP contribution in [0.2, 0.25) is 0 Å². The number of hydrogen-bond acceptors (Lipinski definition) is 7. The first-order valence-electron chi connectivity index (χ1n) is 14.8. The van der Waals surface area contributed by atoms with Crippen LogP contribution >= 0.6 is 0 Å². The van der Waals surface area contributed by atoms with E-state index in [1.165, 1.54) is 4.90 Å². The zero-order chi connectivity index (χ0) is 31.4. The second-order valence-electron chi connectivity index (χ2n) is 10.9. The fourth-order valence-electron chi connectivity index (χ4n) is 4.80. The smallest absolute Gasteiger partial charge is 0.255 e. The first kappa shape index (κ1) is 33.2. The molecule has 1 aliphatic heterocycles. The van der Waals surface area contributed by atoms with Gasteiger partial charge < -0.3 is 35.1 Å². The van der Waals surface area contributed by atoms with Crippen LogP contribution in [-0.2, 0) is 20.8 Å². The van der Waals surface area contributed by atoms with Gasteiger partial charge in [-0.25, -0.2) is 0 Å². The molecule has 11 nitrogen and oxygen atoms in total. The van der Waals surface area contributed by atoms with Crippen LogP contribution < -0.4 is 30.2 Å². The average Bonchev–Trinajstić information content (AvgIpc) is 2.98. The van der Waals surface area contributed by atoms with Crippen LogP contribution in [0.5, 0.6) is 17.2 Å². The predicted octanol–water partition coefficient (Wildman–Crippen LogP) is 2.71. The highest BCUT2D eigenvalue weighted by Crippen LogP contribution is 2.28. The number of fused-ring (bicyclic) bond motifs is 1. The van der Waals surface area contributed by atoms with Crippen LogP contribution in [0.1, 0.15) is 56.0 Å². The molecule has 11 heteroatoms. The zero-order valence-corrected chi connectivity index (χ0v) is 25.7. The van der Waals surface area contributed by atoms with Gasteiger partial charge in [-0.15, -0.1) is 0 Å². The molecule has 2 aromatic rings. The summed E-state index contributed by atoms with van der Waals surface area (Å²) in [5.74, 6) is -0.0116. The van der Waals surface area contributed by atoms with E-state index in [1.54, 1.807) is 38.4 Å². The number of likely N-dealkylation sites (N-methyl/N-ethyl adjacent to an activating group) is 1. The third-order valence-corrected chi connectivity index (χ3v) is 7.01. The van der Waals surface area contributed by atoms with Gasteiger partial charge in [-0.3, -0.25) is 19.2 Å². The molecule has 0 saturated heterocycles. The molecule has 4 amide bonds. The lowest BCUT2D eigenvalue weighted by molar-refractivity contribution is -0.136. The highest BCUT2D eigenvalue weighted by Gasteiger charge is 2.30. The Kier molecular flexibility index (Phi) is 12.7. The van der Waals surface area contributed by atoms with E-state index in [9.17, 15) is 19.2 Å². The number of hydrogen-bond donors (Lipinski definition) is 3. The van der Waals surface area contributed by atoms with Crippen molar-refractivity contribution in [1.82, 2.24) is 20.9 Å². The zero-order valence-electron chi connectivity index (χ0n) is 25.7. The van der Waals surface area contributed by atoms with Crippen LogP contribution in [0.4, 0.5) is 0 Å². The van der Waals surface area contributed by atoms with Crippen molar-refractivity contribution in [2.45, 2.75) is 58.5 Å². The van der Waals surface area contributed by atoms with Gasteiger partial charge in [-0.05, 0) is 61.9 Å². The number of methoxy groups -OCH3 is 1. The fourth-order valence-corrected chi connectivity index (χ4v) is 4.80. The number of para-hydroxylation sites is 1. The molecule has 0 aliphatic carbocycles. The van der Waals surface area contributed by atoms with Gasteiger partial charge in [-0.1, -0.05) is 32.0 Å². The third-order valence-electron chi connectivity index (χ3n) is 7.01. The van der Waals surface area contributed by atoms with E-state index in [-0.39, 0.29) is 37.0 Å². The van der Waals surface area contributed by atoms with Gasteiger partial charge in [0.25, 0.3) is 5.91 Å². The minimum atomic E-state index is -1.17. The second-order valence-corrected chi connectivity index (χ2v) is 10.9. The van der Waals surface area contributed by atoms with Crippen LogP contribution in [0, 0.1) is 5.92 Å². The van der Waals surface area contributed by atoms with Gasteiger partial charge in [0.05, 0.1) is 32.2 Å². The summed E-state index contributed by atoms with van der Waals surface area (Å²) in [7, 11) is 3.23. The van der Waals surface area contributed by atoms with Gasteiger partial charge in [-0.2, -0.15) is 0 Å². The third kappa shape index (κ3) is 9.90. The number of nitrogens with one attached hydrogen (secondary N) is 3. The van der Waals surface area contributed by atoms with Crippen molar-refractivity contribution in [3.63, 3.8) is 0 Å². The Morgan fingerprint density at radius 3 is 2.60 bits per heavy atom. The predicted molar refractivity (Wildman–Crippen MR) is 162 cm³/mol.